The number of hydrogen-bond acceptors (Lipinski definition) is 6. The van der Waals surface area contributed by atoms with E-state index in [0.717, 1.165) is 11.3 Å². The van der Waals surface area contributed by atoms with Gasteiger partial charge >= 0.3 is 0 Å². The Bertz CT molecular complexity index is 544. The standard InChI is InChI=1S/C7H7N3O2S3/c8-5-3-6(14-4-5)15(11,12)10-7-9-1-2-13-7/h1-4H,8H2,(H,9,10). The molecule has 2 aromatic heterocycles. The maximum atomic E-state index is 11.7. The lowest BCUT2D eigenvalue weighted by Crippen LogP contribution is -2.11. The summed E-state index contributed by atoms with van der Waals surface area (Å²) >= 11 is 2.30. The molecule has 0 saturated heterocycles. The van der Waals surface area contributed by atoms with Gasteiger partial charge in [0.2, 0.25) is 0 Å². The average molecular weight is 261 g/mol. The fraction of sp³-hybridized carbons (Fsp3) is 0. The molecule has 0 radical (unpaired) electrons. The predicted molar refractivity (Wildman–Crippen MR) is 61.7 cm³/mol. The molecule has 15 heavy (non-hydrogen) atoms. The second-order valence-electron chi connectivity index (χ2n) is 2.64. The minimum atomic E-state index is -3.53. The summed E-state index contributed by atoms with van der Waals surface area (Å²) in [5, 5.41) is 3.62. The molecule has 0 atom stereocenters. The van der Waals surface area contributed by atoms with Crippen LogP contribution in [0.2, 0.25) is 0 Å². The largest absolute Gasteiger partial charge is 0.398 e. The van der Waals surface area contributed by atoms with Crippen molar-refractivity contribution in [2.75, 3.05) is 10.5 Å². The molecule has 0 bridgehead atoms. The van der Waals surface area contributed by atoms with E-state index in [9.17, 15) is 8.42 Å². The van der Waals surface area contributed by atoms with Gasteiger partial charge in [0.15, 0.2) is 5.13 Å². The Labute approximate surface area is 94.6 Å². The zero-order chi connectivity index (χ0) is 10.9. The quantitative estimate of drug-likeness (QED) is 0.878. The number of nitrogen functional groups attached to an aromatic ring is 1. The van der Waals surface area contributed by atoms with Crippen molar-refractivity contribution in [3.63, 3.8) is 0 Å². The third kappa shape index (κ3) is 2.28. The lowest BCUT2D eigenvalue weighted by Gasteiger charge is -2.00. The molecule has 0 spiro atoms. The SMILES string of the molecule is Nc1csc(S(=O)(=O)Nc2nccs2)c1. The first kappa shape index (κ1) is 10.4. The van der Waals surface area contributed by atoms with Gasteiger partial charge in [-0.15, -0.1) is 22.7 Å². The van der Waals surface area contributed by atoms with Crippen molar-refractivity contribution in [1.82, 2.24) is 4.98 Å². The van der Waals surface area contributed by atoms with Gasteiger partial charge in [0.05, 0.1) is 0 Å². The Morgan fingerprint density at radius 1 is 1.40 bits per heavy atom. The van der Waals surface area contributed by atoms with Crippen LogP contribution in [0.5, 0.6) is 0 Å². The Balaban J connectivity index is 2.28. The molecule has 0 aliphatic heterocycles. The molecule has 2 heterocycles. The van der Waals surface area contributed by atoms with Crippen molar-refractivity contribution in [3.8, 4) is 0 Å². The van der Waals surface area contributed by atoms with Gasteiger partial charge in [0.1, 0.15) is 4.21 Å². The maximum Gasteiger partial charge on any atom is 0.273 e. The van der Waals surface area contributed by atoms with Gasteiger partial charge < -0.3 is 5.73 Å². The van der Waals surface area contributed by atoms with Gasteiger partial charge in [-0.25, -0.2) is 13.4 Å². The van der Waals surface area contributed by atoms with E-state index in [0.29, 0.717) is 10.8 Å². The van der Waals surface area contributed by atoms with Gasteiger partial charge in [0, 0.05) is 22.6 Å². The van der Waals surface area contributed by atoms with Gasteiger partial charge in [-0.3, -0.25) is 4.72 Å². The molecule has 0 saturated carbocycles. The molecule has 80 valence electrons. The minimum Gasteiger partial charge on any atom is -0.398 e. The molecule has 0 aliphatic carbocycles. The van der Waals surface area contributed by atoms with Crippen LogP contribution in [0.25, 0.3) is 0 Å². The highest BCUT2D eigenvalue weighted by atomic mass is 32.2. The number of anilines is 2. The Morgan fingerprint density at radius 3 is 2.73 bits per heavy atom. The molecule has 0 aromatic carbocycles. The number of sulfonamides is 1. The van der Waals surface area contributed by atoms with Crippen LogP contribution in [0.3, 0.4) is 0 Å². The first-order valence-corrected chi connectivity index (χ1v) is 7.08. The van der Waals surface area contributed by atoms with Crippen molar-refractivity contribution in [3.05, 3.63) is 23.0 Å². The van der Waals surface area contributed by atoms with Crippen LogP contribution in [0.4, 0.5) is 10.8 Å². The monoisotopic (exact) mass is 261 g/mol. The Kier molecular flexibility index (Phi) is 2.63. The highest BCUT2D eigenvalue weighted by Crippen LogP contribution is 2.24. The fourth-order valence-electron chi connectivity index (χ4n) is 0.910. The number of thiophene rings is 1. The summed E-state index contributed by atoms with van der Waals surface area (Å²) in [6, 6.07) is 1.42. The Morgan fingerprint density at radius 2 is 2.20 bits per heavy atom. The molecule has 8 heteroatoms. The van der Waals surface area contributed by atoms with E-state index < -0.39 is 10.0 Å². The molecule has 3 N–H and O–H groups in total. The molecule has 2 rings (SSSR count). The van der Waals surface area contributed by atoms with E-state index >= 15 is 0 Å². The van der Waals surface area contributed by atoms with Crippen LogP contribution in [-0.4, -0.2) is 13.4 Å². The number of aromatic nitrogens is 1. The fourth-order valence-corrected chi connectivity index (χ4v) is 3.78. The van der Waals surface area contributed by atoms with Gasteiger partial charge in [-0.05, 0) is 6.07 Å². The Hall–Kier alpha value is -1.12. The average Bonchev–Trinajstić information content (AvgIpc) is 2.75. The third-order valence-electron chi connectivity index (χ3n) is 1.51. The van der Waals surface area contributed by atoms with Crippen LogP contribution < -0.4 is 10.5 Å². The molecule has 2 aromatic rings. The zero-order valence-electron chi connectivity index (χ0n) is 7.38. The zero-order valence-corrected chi connectivity index (χ0v) is 9.82. The normalized spacial score (nSPS) is 11.5. The predicted octanol–water partition coefficient (Wildman–Crippen LogP) is 1.59. The van der Waals surface area contributed by atoms with Crippen LogP contribution in [0.1, 0.15) is 0 Å². The summed E-state index contributed by atoms with van der Waals surface area (Å²) in [7, 11) is -3.53. The van der Waals surface area contributed by atoms with Crippen LogP contribution >= 0.6 is 22.7 Å². The molecule has 0 unspecified atom stereocenters. The van der Waals surface area contributed by atoms with Crippen LogP contribution in [0, 0.1) is 0 Å². The molecular weight excluding hydrogens is 254 g/mol. The lowest BCUT2D eigenvalue weighted by atomic mass is 10.6. The lowest BCUT2D eigenvalue weighted by molar-refractivity contribution is 0.603. The van der Waals surface area contributed by atoms with Crippen molar-refractivity contribution in [1.29, 1.82) is 0 Å². The summed E-state index contributed by atoms with van der Waals surface area (Å²) in [6.07, 6.45) is 1.53. The smallest absolute Gasteiger partial charge is 0.273 e. The number of thiazole rings is 1. The van der Waals surface area contributed by atoms with Crippen molar-refractivity contribution < 1.29 is 8.42 Å². The first-order valence-electron chi connectivity index (χ1n) is 3.84. The number of hydrogen-bond donors (Lipinski definition) is 2. The van der Waals surface area contributed by atoms with E-state index in [1.807, 2.05) is 0 Å². The minimum absolute atomic E-state index is 0.190. The second-order valence-corrected chi connectivity index (χ2v) is 6.36. The second kappa shape index (κ2) is 3.80. The molecule has 0 amide bonds. The van der Waals surface area contributed by atoms with Crippen molar-refractivity contribution in [2.24, 2.45) is 0 Å². The summed E-state index contributed by atoms with van der Waals surface area (Å²) < 4.78 is 26.0. The van der Waals surface area contributed by atoms with Gasteiger partial charge in [-0.1, -0.05) is 0 Å². The van der Waals surface area contributed by atoms with Crippen molar-refractivity contribution in [2.45, 2.75) is 4.21 Å². The molecule has 0 fully saturated rings. The highest BCUT2D eigenvalue weighted by molar-refractivity contribution is 7.94. The molecular formula is C7H7N3O2S3. The van der Waals surface area contributed by atoms with Crippen LogP contribution in [-0.2, 0) is 10.0 Å². The summed E-state index contributed by atoms with van der Waals surface area (Å²) in [5.74, 6) is 0. The number of nitrogens with two attached hydrogens (primary N) is 1. The highest BCUT2D eigenvalue weighted by Gasteiger charge is 2.17. The van der Waals surface area contributed by atoms with E-state index in [-0.39, 0.29) is 4.21 Å². The summed E-state index contributed by atoms with van der Waals surface area (Å²) in [6.45, 7) is 0. The topological polar surface area (TPSA) is 85.1 Å². The molecule has 5 nitrogen and oxygen atoms in total. The summed E-state index contributed by atoms with van der Waals surface area (Å²) in [5.41, 5.74) is 5.90. The van der Waals surface area contributed by atoms with E-state index in [1.54, 1.807) is 10.8 Å². The first-order chi connectivity index (χ1) is 7.08. The van der Waals surface area contributed by atoms with Gasteiger partial charge in [0.25, 0.3) is 10.0 Å². The van der Waals surface area contributed by atoms with Crippen LogP contribution in [0.15, 0.2) is 27.2 Å². The van der Waals surface area contributed by atoms with Crippen molar-refractivity contribution >= 4 is 43.5 Å². The van der Waals surface area contributed by atoms with E-state index in [1.165, 1.54) is 23.6 Å². The number of rotatable bonds is 3. The number of nitrogens with zero attached hydrogens (tertiary/aromatic N) is 1. The molecule has 0 aliphatic rings. The van der Waals surface area contributed by atoms with Gasteiger partial charge in [-0.2, -0.15) is 0 Å². The number of nitrogens with one attached hydrogen (secondary N) is 1. The van der Waals surface area contributed by atoms with E-state index in [4.69, 9.17) is 5.73 Å². The maximum absolute atomic E-state index is 11.7. The summed E-state index contributed by atoms with van der Waals surface area (Å²) in [4.78, 5) is 3.84. The third-order valence-corrected chi connectivity index (χ3v) is 5.13. The van der Waals surface area contributed by atoms with E-state index in [2.05, 4.69) is 9.71 Å².